The molecule has 0 aromatic carbocycles. The Hall–Kier alpha value is -0.410. The first-order chi connectivity index (χ1) is 8.54. The van der Waals surface area contributed by atoms with E-state index in [1.807, 2.05) is 11.3 Å². The Balaban J connectivity index is 2.59. The number of nitrogens with zero attached hydrogens (tertiary/aromatic N) is 1. The molecule has 1 N–H and O–H groups in total. The van der Waals surface area contributed by atoms with E-state index in [1.54, 1.807) is 0 Å². The molecule has 0 aliphatic heterocycles. The van der Waals surface area contributed by atoms with Crippen LogP contribution in [0.3, 0.4) is 0 Å². The van der Waals surface area contributed by atoms with Crippen LogP contribution in [0.5, 0.6) is 0 Å². The van der Waals surface area contributed by atoms with Crippen LogP contribution >= 0.6 is 11.3 Å². The first kappa shape index (κ1) is 15.6. The Morgan fingerprint density at radius 1 is 1.17 bits per heavy atom. The van der Waals surface area contributed by atoms with Crippen LogP contribution in [0.2, 0.25) is 0 Å². The van der Waals surface area contributed by atoms with Crippen molar-refractivity contribution in [3.63, 3.8) is 0 Å². The molecule has 0 amide bonds. The molecule has 0 fully saturated rings. The maximum Gasteiger partial charge on any atom is 0.110 e. The largest absolute Gasteiger partial charge is 0.306 e. The molecule has 1 aromatic rings. The molecule has 0 spiro atoms. The van der Waals surface area contributed by atoms with Crippen LogP contribution in [0, 0.1) is 13.8 Å². The zero-order chi connectivity index (χ0) is 13.5. The summed E-state index contributed by atoms with van der Waals surface area (Å²) in [6, 6.07) is 0.963. The Kier molecular flexibility index (Phi) is 6.87. The van der Waals surface area contributed by atoms with Crippen LogP contribution in [0.15, 0.2) is 0 Å². The third kappa shape index (κ3) is 5.07. The summed E-state index contributed by atoms with van der Waals surface area (Å²) in [5.74, 6) is 0. The summed E-state index contributed by atoms with van der Waals surface area (Å²) >= 11 is 1.85. The maximum absolute atomic E-state index is 4.72. The van der Waals surface area contributed by atoms with Crippen molar-refractivity contribution in [2.75, 3.05) is 0 Å². The van der Waals surface area contributed by atoms with Gasteiger partial charge in [-0.05, 0) is 20.3 Å². The minimum atomic E-state index is 0.444. The van der Waals surface area contributed by atoms with E-state index in [2.05, 4.69) is 39.9 Å². The lowest BCUT2D eigenvalue weighted by atomic mass is 10.1. The number of unbranched alkanes of at least 4 members (excludes halogenated alkanes) is 3. The summed E-state index contributed by atoms with van der Waals surface area (Å²) in [5, 5.41) is 4.93. The van der Waals surface area contributed by atoms with Gasteiger partial charge in [0.05, 0.1) is 11.7 Å². The standard InChI is InChI=1S/C15H28N2S/c1-6-7-8-9-10-14(16-11(2)3)15-17-12(4)13(5)18-15/h11,14,16H,6-10H2,1-5H3. The average molecular weight is 268 g/mol. The molecule has 1 atom stereocenters. The van der Waals surface area contributed by atoms with Crippen molar-refractivity contribution in [1.82, 2.24) is 10.3 Å². The second-order valence-corrected chi connectivity index (χ2v) is 6.65. The average Bonchev–Trinajstić information content (AvgIpc) is 2.63. The van der Waals surface area contributed by atoms with E-state index in [0.29, 0.717) is 12.1 Å². The van der Waals surface area contributed by atoms with E-state index in [-0.39, 0.29) is 0 Å². The fourth-order valence-corrected chi connectivity index (χ4v) is 3.12. The highest BCUT2D eigenvalue weighted by atomic mass is 32.1. The molecule has 1 heterocycles. The van der Waals surface area contributed by atoms with E-state index in [1.165, 1.54) is 47.7 Å². The SMILES string of the molecule is CCCCCCC(NC(C)C)c1nc(C)c(C)s1. The van der Waals surface area contributed by atoms with Gasteiger partial charge in [0, 0.05) is 10.9 Å². The predicted molar refractivity (Wildman–Crippen MR) is 81.4 cm³/mol. The van der Waals surface area contributed by atoms with Gasteiger partial charge in [-0.25, -0.2) is 4.98 Å². The number of thiazole rings is 1. The lowest BCUT2D eigenvalue weighted by molar-refractivity contribution is 0.431. The maximum atomic E-state index is 4.72. The van der Waals surface area contributed by atoms with Crippen molar-refractivity contribution >= 4 is 11.3 Å². The molecule has 0 saturated heterocycles. The van der Waals surface area contributed by atoms with Gasteiger partial charge in [0.2, 0.25) is 0 Å². The van der Waals surface area contributed by atoms with Crippen LogP contribution in [-0.4, -0.2) is 11.0 Å². The highest BCUT2D eigenvalue weighted by Crippen LogP contribution is 2.27. The number of aryl methyl sites for hydroxylation is 2. The molecular formula is C15H28N2S. The quantitative estimate of drug-likeness (QED) is 0.687. The van der Waals surface area contributed by atoms with Gasteiger partial charge < -0.3 is 5.32 Å². The van der Waals surface area contributed by atoms with Crippen LogP contribution < -0.4 is 5.32 Å². The molecule has 1 unspecified atom stereocenters. The molecule has 0 aliphatic carbocycles. The van der Waals surface area contributed by atoms with Crippen molar-refractivity contribution in [1.29, 1.82) is 0 Å². The Morgan fingerprint density at radius 3 is 2.39 bits per heavy atom. The van der Waals surface area contributed by atoms with Gasteiger partial charge in [-0.15, -0.1) is 11.3 Å². The fourth-order valence-electron chi connectivity index (χ4n) is 2.10. The Bertz CT molecular complexity index is 325. The molecule has 3 heteroatoms. The molecule has 1 rings (SSSR count). The van der Waals surface area contributed by atoms with Gasteiger partial charge in [0.15, 0.2) is 0 Å². The topological polar surface area (TPSA) is 24.9 Å². The first-order valence-corrected chi connectivity index (χ1v) is 8.06. The van der Waals surface area contributed by atoms with E-state index in [9.17, 15) is 0 Å². The van der Waals surface area contributed by atoms with Crippen LogP contribution in [0.25, 0.3) is 0 Å². The zero-order valence-corrected chi connectivity index (χ0v) is 13.4. The minimum absolute atomic E-state index is 0.444. The van der Waals surface area contributed by atoms with Gasteiger partial charge in [-0.2, -0.15) is 0 Å². The summed E-state index contributed by atoms with van der Waals surface area (Å²) in [4.78, 5) is 6.07. The van der Waals surface area contributed by atoms with Gasteiger partial charge in [-0.1, -0.05) is 46.5 Å². The van der Waals surface area contributed by atoms with Gasteiger partial charge in [0.25, 0.3) is 0 Å². The highest BCUT2D eigenvalue weighted by Gasteiger charge is 2.16. The van der Waals surface area contributed by atoms with Crippen molar-refractivity contribution in [2.45, 2.75) is 78.8 Å². The van der Waals surface area contributed by atoms with E-state index in [0.717, 1.165) is 0 Å². The normalized spacial score (nSPS) is 13.2. The van der Waals surface area contributed by atoms with Crippen molar-refractivity contribution in [2.24, 2.45) is 0 Å². The van der Waals surface area contributed by atoms with Crippen molar-refractivity contribution in [3.05, 3.63) is 15.6 Å². The molecule has 0 saturated carbocycles. The monoisotopic (exact) mass is 268 g/mol. The number of aromatic nitrogens is 1. The number of rotatable bonds is 8. The predicted octanol–water partition coefficient (Wildman–Crippen LogP) is 4.77. The fraction of sp³-hybridized carbons (Fsp3) is 0.800. The summed E-state index contributed by atoms with van der Waals surface area (Å²) < 4.78 is 0. The van der Waals surface area contributed by atoms with E-state index in [4.69, 9.17) is 4.98 Å². The van der Waals surface area contributed by atoms with E-state index < -0.39 is 0 Å². The molecule has 18 heavy (non-hydrogen) atoms. The Labute approximate surface area is 116 Å². The first-order valence-electron chi connectivity index (χ1n) is 7.24. The van der Waals surface area contributed by atoms with Gasteiger partial charge in [0.1, 0.15) is 5.01 Å². The van der Waals surface area contributed by atoms with Gasteiger partial charge >= 0.3 is 0 Å². The second kappa shape index (κ2) is 7.90. The second-order valence-electron chi connectivity index (χ2n) is 5.42. The molecule has 2 nitrogen and oxygen atoms in total. The summed E-state index contributed by atoms with van der Waals surface area (Å²) in [5.41, 5.74) is 1.19. The van der Waals surface area contributed by atoms with Crippen LogP contribution in [-0.2, 0) is 0 Å². The smallest absolute Gasteiger partial charge is 0.110 e. The molecular weight excluding hydrogens is 240 g/mol. The molecule has 104 valence electrons. The number of hydrogen-bond acceptors (Lipinski definition) is 3. The lowest BCUT2D eigenvalue weighted by Gasteiger charge is -2.19. The lowest BCUT2D eigenvalue weighted by Crippen LogP contribution is -2.28. The Morgan fingerprint density at radius 2 is 1.89 bits per heavy atom. The van der Waals surface area contributed by atoms with Crippen LogP contribution in [0.1, 0.15) is 74.5 Å². The zero-order valence-electron chi connectivity index (χ0n) is 12.5. The van der Waals surface area contributed by atoms with E-state index >= 15 is 0 Å². The van der Waals surface area contributed by atoms with Gasteiger partial charge in [-0.3, -0.25) is 0 Å². The summed E-state index contributed by atoms with van der Waals surface area (Å²) in [6.45, 7) is 11.0. The molecule has 0 radical (unpaired) electrons. The highest BCUT2D eigenvalue weighted by molar-refractivity contribution is 7.11. The molecule has 0 aliphatic rings. The number of nitrogens with one attached hydrogen (secondary N) is 1. The molecule has 1 aromatic heterocycles. The third-order valence-electron chi connectivity index (χ3n) is 3.22. The third-order valence-corrected chi connectivity index (χ3v) is 4.41. The summed E-state index contributed by atoms with van der Waals surface area (Å²) in [7, 11) is 0. The van der Waals surface area contributed by atoms with Crippen LogP contribution in [0.4, 0.5) is 0 Å². The minimum Gasteiger partial charge on any atom is -0.306 e. The number of hydrogen-bond donors (Lipinski definition) is 1. The summed E-state index contributed by atoms with van der Waals surface area (Å²) in [6.07, 6.45) is 6.51. The molecule has 0 bridgehead atoms. The van der Waals surface area contributed by atoms with Crippen molar-refractivity contribution in [3.8, 4) is 0 Å². The van der Waals surface area contributed by atoms with Crippen molar-refractivity contribution < 1.29 is 0 Å².